The summed E-state index contributed by atoms with van der Waals surface area (Å²) in [6.07, 6.45) is 2.43. The van der Waals surface area contributed by atoms with Crippen LogP contribution in [0.3, 0.4) is 0 Å². The van der Waals surface area contributed by atoms with Gasteiger partial charge in [-0.3, -0.25) is 4.79 Å². The van der Waals surface area contributed by atoms with Gasteiger partial charge in [0.2, 0.25) is 0 Å². The van der Waals surface area contributed by atoms with Crippen molar-refractivity contribution in [1.29, 1.82) is 0 Å². The van der Waals surface area contributed by atoms with Crippen LogP contribution in [-0.2, 0) is 0 Å². The molecular formula is C12H19N3OS. The van der Waals surface area contributed by atoms with Gasteiger partial charge in [-0.25, -0.2) is 4.98 Å². The molecule has 1 aliphatic rings. The third-order valence-corrected chi connectivity index (χ3v) is 3.78. The first kappa shape index (κ1) is 12.5. The van der Waals surface area contributed by atoms with Gasteiger partial charge in [0.15, 0.2) is 0 Å². The Labute approximate surface area is 106 Å². The summed E-state index contributed by atoms with van der Waals surface area (Å²) >= 11 is 1.47. The van der Waals surface area contributed by atoms with Crippen molar-refractivity contribution in [2.45, 2.75) is 19.8 Å². The second-order valence-electron chi connectivity index (χ2n) is 4.43. The first-order chi connectivity index (χ1) is 8.31. The largest absolute Gasteiger partial charge is 0.337 e. The zero-order valence-corrected chi connectivity index (χ0v) is 11.0. The van der Waals surface area contributed by atoms with Crippen molar-refractivity contribution in [3.05, 3.63) is 16.6 Å². The molecular weight excluding hydrogens is 234 g/mol. The maximum absolute atomic E-state index is 12.2. The second-order valence-corrected chi connectivity index (χ2v) is 5.15. The van der Waals surface area contributed by atoms with Gasteiger partial charge >= 0.3 is 0 Å². The van der Waals surface area contributed by atoms with Gasteiger partial charge in [0.05, 0.1) is 5.51 Å². The fourth-order valence-corrected chi connectivity index (χ4v) is 2.75. The van der Waals surface area contributed by atoms with E-state index in [1.54, 1.807) is 5.51 Å². The Morgan fingerprint density at radius 3 is 3.18 bits per heavy atom. The van der Waals surface area contributed by atoms with Gasteiger partial charge in [-0.2, -0.15) is 0 Å². The van der Waals surface area contributed by atoms with E-state index in [1.807, 2.05) is 17.2 Å². The molecule has 0 radical (unpaired) electrons. The number of nitrogens with zero attached hydrogens (tertiary/aromatic N) is 2. The molecule has 1 unspecified atom stereocenters. The summed E-state index contributed by atoms with van der Waals surface area (Å²) in [7, 11) is 0. The van der Waals surface area contributed by atoms with Crippen LogP contribution >= 0.6 is 11.3 Å². The summed E-state index contributed by atoms with van der Waals surface area (Å²) in [5, 5.41) is 5.21. The molecule has 1 amide bonds. The minimum Gasteiger partial charge on any atom is -0.337 e. The van der Waals surface area contributed by atoms with Crippen LogP contribution in [-0.4, -0.2) is 42.0 Å². The number of aromatic nitrogens is 1. The first-order valence-corrected chi connectivity index (χ1v) is 7.13. The van der Waals surface area contributed by atoms with E-state index in [9.17, 15) is 4.79 Å². The highest BCUT2D eigenvalue weighted by molar-refractivity contribution is 7.07. The van der Waals surface area contributed by atoms with E-state index in [0.717, 1.165) is 26.2 Å². The zero-order valence-electron chi connectivity index (χ0n) is 10.2. The Morgan fingerprint density at radius 2 is 2.59 bits per heavy atom. The average molecular weight is 253 g/mol. The molecule has 1 N–H and O–H groups in total. The highest BCUT2D eigenvalue weighted by atomic mass is 32.1. The van der Waals surface area contributed by atoms with E-state index in [1.165, 1.54) is 24.2 Å². The lowest BCUT2D eigenvalue weighted by atomic mass is 9.99. The van der Waals surface area contributed by atoms with Gasteiger partial charge in [-0.1, -0.05) is 0 Å². The molecule has 5 heteroatoms. The van der Waals surface area contributed by atoms with Crippen LogP contribution < -0.4 is 5.32 Å². The van der Waals surface area contributed by atoms with Crippen LogP contribution in [0.2, 0.25) is 0 Å². The van der Waals surface area contributed by atoms with Crippen LogP contribution in [0.4, 0.5) is 0 Å². The molecule has 1 aromatic rings. The molecule has 0 aliphatic carbocycles. The lowest BCUT2D eigenvalue weighted by Crippen LogP contribution is -2.41. The van der Waals surface area contributed by atoms with Crippen molar-refractivity contribution in [3.63, 3.8) is 0 Å². The Bertz CT molecular complexity index is 347. The quantitative estimate of drug-likeness (QED) is 0.886. The number of thiazole rings is 1. The Morgan fingerprint density at radius 1 is 1.71 bits per heavy atom. The molecule has 1 aliphatic heterocycles. The molecule has 17 heavy (non-hydrogen) atoms. The number of piperidine rings is 1. The SMILES string of the molecule is CCN(CC1CCCNC1)C(=O)c1cscn1. The van der Waals surface area contributed by atoms with Gasteiger partial charge < -0.3 is 10.2 Å². The second kappa shape index (κ2) is 6.12. The predicted octanol–water partition coefficient (Wildman–Crippen LogP) is 1.60. The Hall–Kier alpha value is -0.940. The molecule has 4 nitrogen and oxygen atoms in total. The number of nitrogens with one attached hydrogen (secondary N) is 1. The van der Waals surface area contributed by atoms with Crippen LogP contribution in [0.5, 0.6) is 0 Å². The summed E-state index contributed by atoms with van der Waals surface area (Å²) in [4.78, 5) is 18.2. The normalized spacial score (nSPS) is 20.2. The predicted molar refractivity (Wildman–Crippen MR) is 69.3 cm³/mol. The highest BCUT2D eigenvalue weighted by Crippen LogP contribution is 2.14. The number of amides is 1. The number of carbonyl (C=O) groups is 1. The lowest BCUT2D eigenvalue weighted by Gasteiger charge is -2.29. The van der Waals surface area contributed by atoms with E-state index >= 15 is 0 Å². The van der Waals surface area contributed by atoms with Gasteiger partial charge in [0, 0.05) is 18.5 Å². The molecule has 0 aromatic carbocycles. The van der Waals surface area contributed by atoms with E-state index in [2.05, 4.69) is 10.3 Å². The molecule has 2 rings (SSSR count). The topological polar surface area (TPSA) is 45.2 Å². The summed E-state index contributed by atoms with van der Waals surface area (Å²) in [6.45, 7) is 5.77. The molecule has 94 valence electrons. The first-order valence-electron chi connectivity index (χ1n) is 6.19. The summed E-state index contributed by atoms with van der Waals surface area (Å²) in [6, 6.07) is 0. The van der Waals surface area contributed by atoms with E-state index < -0.39 is 0 Å². The fraction of sp³-hybridized carbons (Fsp3) is 0.667. The van der Waals surface area contributed by atoms with E-state index in [4.69, 9.17) is 0 Å². The smallest absolute Gasteiger partial charge is 0.273 e. The molecule has 0 saturated carbocycles. The molecule has 2 heterocycles. The molecule has 0 bridgehead atoms. The van der Waals surface area contributed by atoms with Crippen molar-refractivity contribution in [3.8, 4) is 0 Å². The number of rotatable bonds is 4. The maximum atomic E-state index is 12.2. The van der Waals surface area contributed by atoms with Gasteiger partial charge in [-0.15, -0.1) is 11.3 Å². The maximum Gasteiger partial charge on any atom is 0.273 e. The van der Waals surface area contributed by atoms with Crippen LogP contribution in [0, 0.1) is 5.92 Å². The molecule has 1 saturated heterocycles. The fourth-order valence-electron chi connectivity index (χ4n) is 2.23. The highest BCUT2D eigenvalue weighted by Gasteiger charge is 2.21. The van der Waals surface area contributed by atoms with E-state index in [-0.39, 0.29) is 5.91 Å². The number of hydrogen-bond donors (Lipinski definition) is 1. The van der Waals surface area contributed by atoms with Crippen LogP contribution in [0.1, 0.15) is 30.3 Å². The molecule has 1 fully saturated rings. The Kier molecular flexibility index (Phi) is 4.50. The summed E-state index contributed by atoms with van der Waals surface area (Å²) in [5.74, 6) is 0.658. The lowest BCUT2D eigenvalue weighted by molar-refractivity contribution is 0.0724. The Balaban J connectivity index is 1.93. The van der Waals surface area contributed by atoms with Gasteiger partial charge in [-0.05, 0) is 38.8 Å². The number of carbonyl (C=O) groups excluding carboxylic acids is 1. The van der Waals surface area contributed by atoms with Gasteiger partial charge in [0.25, 0.3) is 5.91 Å². The third kappa shape index (κ3) is 3.26. The number of hydrogen-bond acceptors (Lipinski definition) is 4. The van der Waals surface area contributed by atoms with Gasteiger partial charge in [0.1, 0.15) is 5.69 Å². The van der Waals surface area contributed by atoms with Crippen molar-refractivity contribution in [2.75, 3.05) is 26.2 Å². The van der Waals surface area contributed by atoms with Crippen LogP contribution in [0.25, 0.3) is 0 Å². The van der Waals surface area contributed by atoms with Crippen molar-refractivity contribution in [1.82, 2.24) is 15.2 Å². The average Bonchev–Trinajstić information content (AvgIpc) is 2.90. The standard InChI is InChI=1S/C12H19N3OS/c1-2-15(7-10-4-3-5-13-6-10)12(16)11-8-17-9-14-11/h8-10,13H,2-7H2,1H3. The molecule has 1 aromatic heterocycles. The third-order valence-electron chi connectivity index (χ3n) is 3.20. The van der Waals surface area contributed by atoms with Crippen LogP contribution in [0.15, 0.2) is 10.9 Å². The zero-order chi connectivity index (χ0) is 12.1. The minimum atomic E-state index is 0.0688. The van der Waals surface area contributed by atoms with Crippen molar-refractivity contribution in [2.24, 2.45) is 5.92 Å². The summed E-state index contributed by atoms with van der Waals surface area (Å²) in [5.41, 5.74) is 2.30. The molecule has 0 spiro atoms. The minimum absolute atomic E-state index is 0.0688. The summed E-state index contributed by atoms with van der Waals surface area (Å²) < 4.78 is 0. The monoisotopic (exact) mass is 253 g/mol. The molecule has 1 atom stereocenters. The van der Waals surface area contributed by atoms with Crippen molar-refractivity contribution >= 4 is 17.2 Å². The van der Waals surface area contributed by atoms with Crippen molar-refractivity contribution < 1.29 is 4.79 Å². The van der Waals surface area contributed by atoms with E-state index in [0.29, 0.717) is 11.6 Å².